The van der Waals surface area contributed by atoms with Gasteiger partial charge < -0.3 is 24.0 Å². The monoisotopic (exact) mass is 484 g/mol. The zero-order valence-electron chi connectivity index (χ0n) is 19.9. The number of piperazine rings is 1. The number of amides is 1. The summed E-state index contributed by atoms with van der Waals surface area (Å²) in [5, 5.41) is 0.954. The molecule has 1 amide bonds. The van der Waals surface area contributed by atoms with Crippen molar-refractivity contribution in [3.63, 3.8) is 0 Å². The number of methoxy groups -OCH3 is 1. The third-order valence-corrected chi connectivity index (χ3v) is 5.57. The maximum absolute atomic E-state index is 12.4. The topological polar surface area (TPSA) is 77.0 Å². The summed E-state index contributed by atoms with van der Waals surface area (Å²) in [7, 11) is 1.60. The van der Waals surface area contributed by atoms with Gasteiger partial charge >= 0.3 is 6.09 Å². The van der Waals surface area contributed by atoms with Gasteiger partial charge in [0.25, 0.3) is 0 Å². The Bertz CT molecular complexity index is 1160. The van der Waals surface area contributed by atoms with Gasteiger partial charge in [-0.15, -0.1) is 0 Å². The van der Waals surface area contributed by atoms with Crippen molar-refractivity contribution in [2.75, 3.05) is 38.2 Å². The predicted octanol–water partition coefficient (Wildman–Crippen LogP) is 4.93. The van der Waals surface area contributed by atoms with Gasteiger partial charge in [0.1, 0.15) is 18.0 Å². The number of ether oxygens (including phenoxy) is 3. The fourth-order valence-electron chi connectivity index (χ4n) is 3.77. The number of anilines is 1. The summed E-state index contributed by atoms with van der Waals surface area (Å²) in [6.07, 6.45) is -0.306. The van der Waals surface area contributed by atoms with Crippen LogP contribution in [0.25, 0.3) is 10.9 Å². The highest BCUT2D eigenvalue weighted by Crippen LogP contribution is 2.36. The van der Waals surface area contributed by atoms with E-state index in [1.54, 1.807) is 12.0 Å². The van der Waals surface area contributed by atoms with E-state index >= 15 is 0 Å². The molecular formula is C25H29ClN4O4. The number of hydrogen-bond donors (Lipinski definition) is 0. The molecule has 0 unspecified atom stereocenters. The Balaban J connectivity index is 1.56. The molecule has 1 saturated heterocycles. The van der Waals surface area contributed by atoms with Crippen LogP contribution in [-0.4, -0.2) is 59.9 Å². The molecule has 8 nitrogen and oxygen atoms in total. The largest absolute Gasteiger partial charge is 0.493 e. The Hall–Kier alpha value is -3.26. The average Bonchev–Trinajstić information content (AvgIpc) is 2.81. The Morgan fingerprint density at radius 3 is 2.38 bits per heavy atom. The molecule has 0 N–H and O–H groups in total. The van der Waals surface area contributed by atoms with E-state index in [4.69, 9.17) is 25.8 Å². The summed E-state index contributed by atoms with van der Waals surface area (Å²) in [6, 6.07) is 13.6. The van der Waals surface area contributed by atoms with Gasteiger partial charge in [0, 0.05) is 37.6 Å². The number of nitrogens with zero attached hydrogens (tertiary/aromatic N) is 4. The van der Waals surface area contributed by atoms with Crippen LogP contribution < -0.4 is 14.4 Å². The zero-order valence-corrected chi connectivity index (χ0v) is 20.6. The highest BCUT2D eigenvalue weighted by Gasteiger charge is 2.27. The molecule has 2 heterocycles. The van der Waals surface area contributed by atoms with Gasteiger partial charge in [-0.05, 0) is 44.0 Å². The van der Waals surface area contributed by atoms with Crippen molar-refractivity contribution in [3.8, 4) is 11.5 Å². The molecule has 0 atom stereocenters. The van der Waals surface area contributed by atoms with E-state index in [0.717, 1.165) is 10.9 Å². The molecule has 1 fully saturated rings. The van der Waals surface area contributed by atoms with Crippen LogP contribution in [0.3, 0.4) is 0 Å². The quantitative estimate of drug-likeness (QED) is 0.475. The number of aromatic nitrogens is 2. The van der Waals surface area contributed by atoms with Gasteiger partial charge in [0.05, 0.1) is 12.6 Å². The van der Waals surface area contributed by atoms with Gasteiger partial charge in [-0.3, -0.25) is 0 Å². The Morgan fingerprint density at radius 2 is 1.74 bits per heavy atom. The van der Waals surface area contributed by atoms with Crippen LogP contribution >= 0.6 is 11.6 Å². The molecule has 0 bridgehead atoms. The van der Waals surface area contributed by atoms with Gasteiger partial charge in [-0.25, -0.2) is 9.78 Å². The van der Waals surface area contributed by atoms with Crippen molar-refractivity contribution >= 4 is 34.4 Å². The molecule has 1 aromatic heterocycles. The van der Waals surface area contributed by atoms with Crippen LogP contribution in [-0.2, 0) is 11.3 Å². The van der Waals surface area contributed by atoms with E-state index in [2.05, 4.69) is 14.9 Å². The first-order valence-corrected chi connectivity index (χ1v) is 11.6. The fraction of sp³-hybridized carbons (Fsp3) is 0.400. The molecule has 0 spiro atoms. The lowest BCUT2D eigenvalue weighted by atomic mass is 10.1. The smallest absolute Gasteiger partial charge is 0.410 e. The minimum atomic E-state index is -0.526. The third kappa shape index (κ3) is 5.62. The number of fused-ring (bicyclic) bond motifs is 1. The fourth-order valence-corrected chi connectivity index (χ4v) is 3.94. The van der Waals surface area contributed by atoms with Crippen molar-refractivity contribution < 1.29 is 19.0 Å². The molecule has 180 valence electrons. The van der Waals surface area contributed by atoms with Crippen LogP contribution in [0.1, 0.15) is 26.3 Å². The van der Waals surface area contributed by atoms with E-state index in [9.17, 15) is 4.79 Å². The van der Waals surface area contributed by atoms with Gasteiger partial charge in [-0.2, -0.15) is 4.98 Å². The molecule has 0 saturated carbocycles. The van der Waals surface area contributed by atoms with Gasteiger partial charge in [0.2, 0.25) is 5.28 Å². The van der Waals surface area contributed by atoms with Crippen molar-refractivity contribution in [2.24, 2.45) is 0 Å². The number of carbonyl (C=O) groups excluding carboxylic acids is 1. The van der Waals surface area contributed by atoms with E-state index in [1.807, 2.05) is 63.2 Å². The lowest BCUT2D eigenvalue weighted by Gasteiger charge is -2.36. The molecule has 4 rings (SSSR count). The second-order valence-corrected chi connectivity index (χ2v) is 9.40. The van der Waals surface area contributed by atoms with Crippen LogP contribution in [0, 0.1) is 0 Å². The summed E-state index contributed by atoms with van der Waals surface area (Å²) in [4.78, 5) is 25.1. The Labute approximate surface area is 204 Å². The highest BCUT2D eigenvalue weighted by atomic mass is 35.5. The Kier molecular flexibility index (Phi) is 6.97. The van der Waals surface area contributed by atoms with E-state index in [1.165, 1.54) is 0 Å². The summed E-state index contributed by atoms with van der Waals surface area (Å²) < 4.78 is 17.1. The van der Waals surface area contributed by atoms with Crippen molar-refractivity contribution in [1.82, 2.24) is 14.9 Å². The van der Waals surface area contributed by atoms with Crippen molar-refractivity contribution in [3.05, 3.63) is 53.3 Å². The van der Waals surface area contributed by atoms with Crippen molar-refractivity contribution in [1.29, 1.82) is 0 Å². The third-order valence-electron chi connectivity index (χ3n) is 5.40. The highest BCUT2D eigenvalue weighted by molar-refractivity contribution is 6.28. The first-order chi connectivity index (χ1) is 16.2. The standard InChI is InChI=1S/C25H29ClN4O4/c1-25(2,3)34-24(31)30-12-10-29(11-13-30)22-18-14-20(32-4)21(15-19(18)27-23(26)28-22)33-16-17-8-6-5-7-9-17/h5-9,14-15H,10-13,16H2,1-4H3. The molecule has 9 heteroatoms. The van der Waals surface area contributed by atoms with Crippen LogP contribution in [0.2, 0.25) is 5.28 Å². The molecule has 34 heavy (non-hydrogen) atoms. The minimum Gasteiger partial charge on any atom is -0.493 e. The number of hydrogen-bond acceptors (Lipinski definition) is 7. The summed E-state index contributed by atoms with van der Waals surface area (Å²) in [6.45, 7) is 8.22. The molecule has 1 aliphatic rings. The lowest BCUT2D eigenvalue weighted by Crippen LogP contribution is -2.50. The van der Waals surface area contributed by atoms with Crippen LogP contribution in [0.5, 0.6) is 11.5 Å². The molecule has 3 aromatic rings. The number of rotatable bonds is 5. The number of benzene rings is 2. The van der Waals surface area contributed by atoms with E-state index < -0.39 is 5.60 Å². The summed E-state index contributed by atoms with van der Waals surface area (Å²) in [5.41, 5.74) is 1.18. The minimum absolute atomic E-state index is 0.149. The summed E-state index contributed by atoms with van der Waals surface area (Å²) >= 11 is 6.29. The van der Waals surface area contributed by atoms with E-state index in [-0.39, 0.29) is 11.4 Å². The SMILES string of the molecule is COc1cc2c(N3CCN(C(=O)OC(C)(C)C)CC3)nc(Cl)nc2cc1OCc1ccccc1. The van der Waals surface area contributed by atoms with Crippen LogP contribution in [0.15, 0.2) is 42.5 Å². The predicted molar refractivity (Wildman–Crippen MR) is 132 cm³/mol. The van der Waals surface area contributed by atoms with Crippen molar-refractivity contribution in [2.45, 2.75) is 33.0 Å². The first kappa shape index (κ1) is 23.9. The summed E-state index contributed by atoms with van der Waals surface area (Å²) in [5.74, 6) is 1.86. The molecule has 2 aromatic carbocycles. The molecule has 0 aliphatic carbocycles. The number of carbonyl (C=O) groups is 1. The average molecular weight is 485 g/mol. The van der Waals surface area contributed by atoms with Gasteiger partial charge in [-0.1, -0.05) is 30.3 Å². The Morgan fingerprint density at radius 1 is 1.03 bits per heavy atom. The van der Waals surface area contributed by atoms with E-state index in [0.29, 0.717) is 55.6 Å². The molecular weight excluding hydrogens is 456 g/mol. The second kappa shape index (κ2) is 9.93. The molecule has 1 aliphatic heterocycles. The number of halogens is 1. The zero-order chi connectivity index (χ0) is 24.3. The van der Waals surface area contributed by atoms with Crippen LogP contribution in [0.4, 0.5) is 10.6 Å². The molecule has 0 radical (unpaired) electrons. The first-order valence-electron chi connectivity index (χ1n) is 11.2. The second-order valence-electron chi connectivity index (χ2n) is 9.07. The lowest BCUT2D eigenvalue weighted by molar-refractivity contribution is 0.0240. The maximum Gasteiger partial charge on any atom is 0.410 e. The van der Waals surface area contributed by atoms with Gasteiger partial charge in [0.15, 0.2) is 11.5 Å². The normalized spacial score (nSPS) is 14.3. The maximum atomic E-state index is 12.4.